The van der Waals surface area contributed by atoms with Crippen molar-refractivity contribution < 1.29 is 14.3 Å². The maximum Gasteiger partial charge on any atom is 0.263 e. The molecule has 0 fully saturated rings. The Hall–Kier alpha value is -2.93. The van der Waals surface area contributed by atoms with Gasteiger partial charge in [-0.3, -0.25) is 9.78 Å². The molecule has 1 aromatic carbocycles. The Bertz CT molecular complexity index is 1020. The monoisotopic (exact) mass is 409 g/mol. The van der Waals surface area contributed by atoms with Crippen molar-refractivity contribution in [2.45, 2.75) is 26.8 Å². The molecule has 1 atom stereocenters. The summed E-state index contributed by atoms with van der Waals surface area (Å²) in [4.78, 5) is 22.5. The molecule has 3 aromatic rings. The van der Waals surface area contributed by atoms with Crippen molar-refractivity contribution in [1.82, 2.24) is 15.3 Å². The van der Waals surface area contributed by atoms with Crippen molar-refractivity contribution in [3.05, 3.63) is 58.7 Å². The largest absolute Gasteiger partial charge is 0.486 e. The molecule has 1 unspecified atom stereocenters. The van der Waals surface area contributed by atoms with Gasteiger partial charge in [-0.15, -0.1) is 11.3 Å². The van der Waals surface area contributed by atoms with Crippen LogP contribution in [-0.2, 0) is 0 Å². The van der Waals surface area contributed by atoms with Gasteiger partial charge in [0.2, 0.25) is 0 Å². The molecular weight excluding hydrogens is 386 g/mol. The predicted molar refractivity (Wildman–Crippen MR) is 113 cm³/mol. The van der Waals surface area contributed by atoms with E-state index in [2.05, 4.69) is 29.1 Å². The van der Waals surface area contributed by atoms with E-state index in [9.17, 15) is 4.79 Å². The molecule has 2 aromatic heterocycles. The van der Waals surface area contributed by atoms with Gasteiger partial charge in [0.1, 0.15) is 23.1 Å². The zero-order valence-electron chi connectivity index (χ0n) is 16.6. The highest BCUT2D eigenvalue weighted by molar-refractivity contribution is 7.17. The first-order chi connectivity index (χ1) is 14.0. The summed E-state index contributed by atoms with van der Waals surface area (Å²) >= 11 is 1.36. The molecule has 1 aliphatic rings. The molecule has 1 N–H and O–H groups in total. The third kappa shape index (κ3) is 4.10. The van der Waals surface area contributed by atoms with Gasteiger partial charge in [-0.2, -0.15) is 0 Å². The molecule has 1 amide bonds. The van der Waals surface area contributed by atoms with E-state index in [4.69, 9.17) is 9.47 Å². The van der Waals surface area contributed by atoms with E-state index in [0.717, 1.165) is 27.8 Å². The van der Waals surface area contributed by atoms with E-state index < -0.39 is 0 Å². The second-order valence-electron chi connectivity index (χ2n) is 7.25. The average Bonchev–Trinajstić information content (AvgIpc) is 3.14. The number of rotatable bonds is 5. The van der Waals surface area contributed by atoms with Gasteiger partial charge in [0, 0.05) is 6.20 Å². The number of aromatic nitrogens is 2. The van der Waals surface area contributed by atoms with Gasteiger partial charge in [0.05, 0.1) is 17.4 Å². The van der Waals surface area contributed by atoms with Crippen molar-refractivity contribution in [3.8, 4) is 22.2 Å². The first-order valence-corrected chi connectivity index (χ1v) is 10.4. The number of benzene rings is 1. The normalized spacial score (nSPS) is 13.9. The van der Waals surface area contributed by atoms with Gasteiger partial charge >= 0.3 is 0 Å². The lowest BCUT2D eigenvalue weighted by Crippen LogP contribution is -2.31. The van der Waals surface area contributed by atoms with Crippen LogP contribution in [0.3, 0.4) is 0 Å². The number of thiazole rings is 1. The highest BCUT2D eigenvalue weighted by Gasteiger charge is 2.24. The molecule has 7 heteroatoms. The summed E-state index contributed by atoms with van der Waals surface area (Å²) in [5, 5.41) is 3.92. The van der Waals surface area contributed by atoms with E-state index in [-0.39, 0.29) is 17.9 Å². The number of amides is 1. The fraction of sp³-hybridized carbons (Fsp3) is 0.318. The van der Waals surface area contributed by atoms with Gasteiger partial charge < -0.3 is 14.8 Å². The number of hydrogen-bond donors (Lipinski definition) is 1. The molecule has 4 rings (SSSR count). The van der Waals surface area contributed by atoms with Crippen LogP contribution in [0.5, 0.6) is 11.5 Å². The molecule has 0 saturated heterocycles. The van der Waals surface area contributed by atoms with Crippen LogP contribution in [0.4, 0.5) is 0 Å². The summed E-state index contributed by atoms with van der Waals surface area (Å²) in [6, 6.07) is 11.4. The standard InChI is InChI=1S/C22H23N3O3S/c1-13(2)19(15-7-8-17-18(12-15)28-11-10-27-17)25-21(26)20-14(3)24-22(29-20)16-6-4-5-9-23-16/h4-9,12-13,19H,10-11H2,1-3H3,(H,25,26). The predicted octanol–water partition coefficient (Wildman–Crippen LogP) is 4.41. The number of nitrogens with one attached hydrogen (secondary N) is 1. The van der Waals surface area contributed by atoms with Gasteiger partial charge in [-0.25, -0.2) is 4.98 Å². The molecule has 0 bridgehead atoms. The van der Waals surface area contributed by atoms with Gasteiger partial charge in [0.15, 0.2) is 11.5 Å². The molecule has 0 spiro atoms. The highest BCUT2D eigenvalue weighted by Crippen LogP contribution is 2.35. The van der Waals surface area contributed by atoms with Crippen molar-refractivity contribution in [1.29, 1.82) is 0 Å². The fourth-order valence-corrected chi connectivity index (χ4v) is 4.25. The van der Waals surface area contributed by atoms with Gasteiger partial charge in [-0.05, 0) is 42.7 Å². The maximum atomic E-state index is 13.1. The van der Waals surface area contributed by atoms with E-state index in [1.807, 2.05) is 43.3 Å². The minimum Gasteiger partial charge on any atom is -0.486 e. The van der Waals surface area contributed by atoms with Crippen LogP contribution in [0, 0.1) is 12.8 Å². The zero-order valence-corrected chi connectivity index (χ0v) is 17.5. The molecule has 29 heavy (non-hydrogen) atoms. The number of ether oxygens (including phenoxy) is 2. The summed E-state index contributed by atoms with van der Waals surface area (Å²) in [5.74, 6) is 1.54. The van der Waals surface area contributed by atoms with Crippen molar-refractivity contribution >= 4 is 17.2 Å². The lowest BCUT2D eigenvalue weighted by molar-refractivity contribution is 0.0928. The molecule has 6 nitrogen and oxygen atoms in total. The van der Waals surface area contributed by atoms with E-state index in [1.165, 1.54) is 11.3 Å². The summed E-state index contributed by atoms with van der Waals surface area (Å²) < 4.78 is 11.3. The SMILES string of the molecule is Cc1nc(-c2ccccn2)sc1C(=O)NC(c1ccc2c(c1)OCCO2)C(C)C. The quantitative estimate of drug-likeness (QED) is 0.676. The average molecular weight is 410 g/mol. The van der Waals surface area contributed by atoms with Crippen molar-refractivity contribution in [2.75, 3.05) is 13.2 Å². The van der Waals surface area contributed by atoms with Crippen LogP contribution in [0.1, 0.15) is 40.8 Å². The number of pyridine rings is 1. The number of nitrogens with zero attached hydrogens (tertiary/aromatic N) is 2. The van der Waals surface area contributed by atoms with Gasteiger partial charge in [0.25, 0.3) is 5.91 Å². The summed E-state index contributed by atoms with van der Waals surface area (Å²) in [5.41, 5.74) is 2.47. The Kier molecular flexibility index (Phi) is 5.49. The Morgan fingerprint density at radius 2 is 1.93 bits per heavy atom. The molecule has 1 aliphatic heterocycles. The third-order valence-electron chi connectivity index (χ3n) is 4.77. The fourth-order valence-electron chi connectivity index (χ4n) is 3.30. The first-order valence-electron chi connectivity index (χ1n) is 9.62. The topological polar surface area (TPSA) is 73.3 Å². The lowest BCUT2D eigenvalue weighted by atomic mass is 9.95. The second kappa shape index (κ2) is 8.21. The minimum atomic E-state index is -0.155. The van der Waals surface area contributed by atoms with Crippen molar-refractivity contribution in [3.63, 3.8) is 0 Å². The summed E-state index contributed by atoms with van der Waals surface area (Å²) in [6.07, 6.45) is 1.72. The molecular formula is C22H23N3O3S. The number of fused-ring (bicyclic) bond motifs is 1. The Labute approximate surface area is 173 Å². The Morgan fingerprint density at radius 3 is 2.66 bits per heavy atom. The molecule has 0 aliphatic carbocycles. The summed E-state index contributed by atoms with van der Waals surface area (Å²) in [6.45, 7) is 7.11. The molecule has 3 heterocycles. The smallest absolute Gasteiger partial charge is 0.263 e. The highest BCUT2D eigenvalue weighted by atomic mass is 32.1. The summed E-state index contributed by atoms with van der Waals surface area (Å²) in [7, 11) is 0. The van der Waals surface area contributed by atoms with Crippen molar-refractivity contribution in [2.24, 2.45) is 5.92 Å². The maximum absolute atomic E-state index is 13.1. The first kappa shape index (κ1) is 19.4. The lowest BCUT2D eigenvalue weighted by Gasteiger charge is -2.25. The van der Waals surface area contributed by atoms with E-state index >= 15 is 0 Å². The van der Waals surface area contributed by atoms with Crippen LogP contribution in [0.15, 0.2) is 42.6 Å². The minimum absolute atomic E-state index is 0.129. The van der Waals surface area contributed by atoms with Gasteiger partial charge in [-0.1, -0.05) is 26.0 Å². The van der Waals surface area contributed by atoms with E-state index in [0.29, 0.717) is 23.8 Å². The molecule has 150 valence electrons. The number of carbonyl (C=O) groups excluding carboxylic acids is 1. The van der Waals surface area contributed by atoms with Crippen LogP contribution in [0.25, 0.3) is 10.7 Å². The molecule has 0 saturated carbocycles. The molecule has 0 radical (unpaired) electrons. The second-order valence-corrected chi connectivity index (χ2v) is 8.25. The number of carbonyl (C=O) groups is 1. The zero-order chi connectivity index (χ0) is 20.4. The van der Waals surface area contributed by atoms with Crippen LogP contribution >= 0.6 is 11.3 Å². The Morgan fingerprint density at radius 1 is 1.14 bits per heavy atom. The van der Waals surface area contributed by atoms with Crippen LogP contribution in [-0.4, -0.2) is 29.1 Å². The number of aryl methyl sites for hydroxylation is 1. The van der Waals surface area contributed by atoms with E-state index in [1.54, 1.807) is 6.20 Å². The van der Waals surface area contributed by atoms with Crippen LogP contribution in [0.2, 0.25) is 0 Å². The van der Waals surface area contributed by atoms with Crippen LogP contribution < -0.4 is 14.8 Å². The number of hydrogen-bond acceptors (Lipinski definition) is 6. The Balaban J connectivity index is 1.58. The third-order valence-corrected chi connectivity index (χ3v) is 5.94.